The molecule has 0 radical (unpaired) electrons. The Labute approximate surface area is 142 Å². The zero-order valence-electron chi connectivity index (χ0n) is 13.8. The maximum absolute atomic E-state index is 13.3. The summed E-state index contributed by atoms with van der Waals surface area (Å²) < 4.78 is 38.9. The smallest absolute Gasteiger partial charge is 0.247 e. The highest BCUT2D eigenvalue weighted by Gasteiger charge is 2.36. The van der Waals surface area contributed by atoms with Crippen LogP contribution in [0.15, 0.2) is 53.4 Å². The van der Waals surface area contributed by atoms with E-state index in [-0.39, 0.29) is 10.9 Å². The summed E-state index contributed by atoms with van der Waals surface area (Å²) in [5.41, 5.74) is 1.80. The minimum Gasteiger partial charge on any atom is -0.495 e. The van der Waals surface area contributed by atoms with Crippen molar-refractivity contribution >= 4 is 10.0 Å². The second kappa shape index (κ2) is 6.93. The molecule has 1 aliphatic heterocycles. The predicted molar refractivity (Wildman–Crippen MR) is 91.6 cm³/mol. The van der Waals surface area contributed by atoms with E-state index in [1.165, 1.54) is 11.4 Å². The summed E-state index contributed by atoms with van der Waals surface area (Å²) in [5.74, 6) is 0.360. The van der Waals surface area contributed by atoms with Crippen LogP contribution in [0.3, 0.4) is 0 Å². The van der Waals surface area contributed by atoms with Crippen molar-refractivity contribution in [3.63, 3.8) is 0 Å². The highest BCUT2D eigenvalue weighted by atomic mass is 32.2. The Balaban J connectivity index is 2.06. The van der Waals surface area contributed by atoms with Gasteiger partial charge in [0.05, 0.1) is 26.4 Å². The van der Waals surface area contributed by atoms with Crippen molar-refractivity contribution in [2.45, 2.75) is 17.9 Å². The van der Waals surface area contributed by atoms with E-state index in [0.717, 1.165) is 11.1 Å². The molecule has 0 spiro atoms. The Hall–Kier alpha value is -1.89. The fraction of sp³-hybridized carbons (Fsp3) is 0.333. The molecular weight excluding hydrogens is 326 g/mol. The van der Waals surface area contributed by atoms with Gasteiger partial charge >= 0.3 is 0 Å². The molecule has 6 heteroatoms. The van der Waals surface area contributed by atoms with Gasteiger partial charge in [0.2, 0.25) is 10.0 Å². The van der Waals surface area contributed by atoms with Crippen LogP contribution in [0.5, 0.6) is 5.75 Å². The summed E-state index contributed by atoms with van der Waals surface area (Å²) in [6.07, 6.45) is 0. The Bertz CT molecular complexity index is 805. The standard InChI is InChI=1S/C18H21NO4S/c1-14-8-9-17(22-2)18(12-14)24(20,21)19-10-11-23-13-16(19)15-6-4-3-5-7-15/h3-9,12,16H,10-11,13H2,1-2H3. The number of aryl methyl sites for hydroxylation is 1. The van der Waals surface area contributed by atoms with Crippen LogP contribution < -0.4 is 4.74 Å². The molecule has 2 aromatic carbocycles. The van der Waals surface area contributed by atoms with E-state index in [1.54, 1.807) is 12.1 Å². The number of nitrogens with zero attached hydrogens (tertiary/aromatic N) is 1. The summed E-state index contributed by atoms with van der Waals surface area (Å²) in [4.78, 5) is 0.202. The molecule has 0 saturated carbocycles. The topological polar surface area (TPSA) is 55.8 Å². The number of methoxy groups -OCH3 is 1. The van der Waals surface area contributed by atoms with Crippen molar-refractivity contribution in [3.8, 4) is 5.75 Å². The number of hydrogen-bond acceptors (Lipinski definition) is 4. The number of hydrogen-bond donors (Lipinski definition) is 0. The van der Waals surface area contributed by atoms with Crippen molar-refractivity contribution in [1.82, 2.24) is 4.31 Å². The van der Waals surface area contributed by atoms with E-state index in [0.29, 0.717) is 25.5 Å². The van der Waals surface area contributed by atoms with Crippen molar-refractivity contribution in [2.24, 2.45) is 0 Å². The molecule has 3 rings (SSSR count). The molecule has 1 unspecified atom stereocenters. The molecule has 0 aliphatic carbocycles. The normalized spacial score (nSPS) is 19.2. The number of ether oxygens (including phenoxy) is 2. The molecule has 128 valence electrons. The molecule has 0 bridgehead atoms. The quantitative estimate of drug-likeness (QED) is 0.853. The average molecular weight is 347 g/mol. The molecule has 5 nitrogen and oxygen atoms in total. The molecular formula is C18H21NO4S. The fourth-order valence-electron chi connectivity index (χ4n) is 2.93. The van der Waals surface area contributed by atoms with E-state index in [2.05, 4.69) is 0 Å². The van der Waals surface area contributed by atoms with E-state index in [9.17, 15) is 8.42 Å². The second-order valence-electron chi connectivity index (χ2n) is 5.77. The predicted octanol–water partition coefficient (Wildman–Crippen LogP) is 2.77. The molecule has 24 heavy (non-hydrogen) atoms. The van der Waals surface area contributed by atoms with E-state index in [1.807, 2.05) is 43.3 Å². The van der Waals surface area contributed by atoms with Gasteiger partial charge in [0.1, 0.15) is 10.6 Å². The third kappa shape index (κ3) is 3.17. The number of rotatable bonds is 4. The first kappa shape index (κ1) is 17.0. The molecule has 2 aromatic rings. The molecule has 0 N–H and O–H groups in total. The summed E-state index contributed by atoms with van der Waals surface area (Å²) in [6.45, 7) is 2.92. The molecule has 0 amide bonds. The van der Waals surface area contributed by atoms with Gasteiger partial charge in [0.15, 0.2) is 0 Å². The Morgan fingerprint density at radius 3 is 2.62 bits per heavy atom. The van der Waals surface area contributed by atoms with Crippen molar-refractivity contribution in [3.05, 3.63) is 59.7 Å². The molecule has 1 heterocycles. The Morgan fingerprint density at radius 2 is 1.92 bits per heavy atom. The average Bonchev–Trinajstić information content (AvgIpc) is 2.62. The van der Waals surface area contributed by atoms with Crippen molar-refractivity contribution in [1.29, 1.82) is 0 Å². The Morgan fingerprint density at radius 1 is 1.17 bits per heavy atom. The van der Waals surface area contributed by atoms with Crippen LogP contribution in [0.4, 0.5) is 0 Å². The Kier molecular flexibility index (Phi) is 4.89. The molecule has 1 atom stereocenters. The third-order valence-electron chi connectivity index (χ3n) is 4.17. The maximum atomic E-state index is 13.3. The van der Waals surface area contributed by atoms with Gasteiger partial charge in [-0.15, -0.1) is 0 Å². The summed E-state index contributed by atoms with van der Waals surface area (Å²) in [6, 6.07) is 14.4. The lowest BCUT2D eigenvalue weighted by Gasteiger charge is -2.35. The van der Waals surface area contributed by atoms with Gasteiger partial charge in [-0.05, 0) is 30.2 Å². The summed E-state index contributed by atoms with van der Waals surface area (Å²) in [5, 5.41) is 0. The second-order valence-corrected chi connectivity index (χ2v) is 7.63. The first-order valence-electron chi connectivity index (χ1n) is 7.83. The van der Waals surface area contributed by atoms with Gasteiger partial charge in [0, 0.05) is 6.54 Å². The van der Waals surface area contributed by atoms with Crippen molar-refractivity contribution in [2.75, 3.05) is 26.9 Å². The van der Waals surface area contributed by atoms with Crippen LogP contribution >= 0.6 is 0 Å². The summed E-state index contributed by atoms with van der Waals surface area (Å²) >= 11 is 0. The highest BCUT2D eigenvalue weighted by molar-refractivity contribution is 7.89. The minimum absolute atomic E-state index is 0.202. The molecule has 1 saturated heterocycles. The first-order valence-corrected chi connectivity index (χ1v) is 9.27. The van der Waals surface area contributed by atoms with Gasteiger partial charge in [-0.25, -0.2) is 8.42 Å². The minimum atomic E-state index is -3.70. The lowest BCUT2D eigenvalue weighted by Crippen LogP contribution is -2.43. The van der Waals surface area contributed by atoms with Gasteiger partial charge in [-0.2, -0.15) is 4.31 Å². The lowest BCUT2D eigenvalue weighted by molar-refractivity contribution is 0.0320. The maximum Gasteiger partial charge on any atom is 0.247 e. The largest absolute Gasteiger partial charge is 0.495 e. The van der Waals surface area contributed by atoms with Crippen LogP contribution in [0.25, 0.3) is 0 Å². The molecule has 1 fully saturated rings. The van der Waals surface area contributed by atoms with Crippen molar-refractivity contribution < 1.29 is 17.9 Å². The first-order chi connectivity index (χ1) is 11.5. The van der Waals surface area contributed by atoms with Crippen LogP contribution in [0.1, 0.15) is 17.2 Å². The van der Waals surface area contributed by atoms with Crippen LogP contribution in [0.2, 0.25) is 0 Å². The molecule has 0 aromatic heterocycles. The van der Waals surface area contributed by atoms with Crippen LogP contribution in [0, 0.1) is 6.92 Å². The van der Waals surface area contributed by atoms with Gasteiger partial charge in [-0.3, -0.25) is 0 Å². The fourth-order valence-corrected chi connectivity index (χ4v) is 4.75. The van der Waals surface area contributed by atoms with E-state index in [4.69, 9.17) is 9.47 Å². The zero-order chi connectivity index (χ0) is 17.2. The number of morpholine rings is 1. The zero-order valence-corrected chi connectivity index (χ0v) is 14.6. The SMILES string of the molecule is COc1ccc(C)cc1S(=O)(=O)N1CCOCC1c1ccccc1. The van der Waals surface area contributed by atoms with Crippen LogP contribution in [-0.2, 0) is 14.8 Å². The van der Waals surface area contributed by atoms with E-state index >= 15 is 0 Å². The lowest BCUT2D eigenvalue weighted by atomic mass is 10.1. The van der Waals surface area contributed by atoms with Gasteiger partial charge in [0.25, 0.3) is 0 Å². The van der Waals surface area contributed by atoms with E-state index < -0.39 is 10.0 Å². The molecule has 1 aliphatic rings. The number of benzene rings is 2. The highest BCUT2D eigenvalue weighted by Crippen LogP contribution is 2.34. The number of sulfonamides is 1. The van der Waals surface area contributed by atoms with Crippen LogP contribution in [-0.4, -0.2) is 39.6 Å². The monoisotopic (exact) mass is 347 g/mol. The third-order valence-corrected chi connectivity index (χ3v) is 6.10. The van der Waals surface area contributed by atoms with Gasteiger partial charge in [-0.1, -0.05) is 36.4 Å². The van der Waals surface area contributed by atoms with Gasteiger partial charge < -0.3 is 9.47 Å². The summed E-state index contributed by atoms with van der Waals surface area (Å²) in [7, 11) is -2.21.